The number of fused-ring (bicyclic) bond motifs is 1. The third kappa shape index (κ3) is 7.54. The quantitative estimate of drug-likeness (QED) is 0.335. The van der Waals surface area contributed by atoms with Gasteiger partial charge in [0.15, 0.2) is 0 Å². The zero-order chi connectivity index (χ0) is 23.2. The van der Waals surface area contributed by atoms with E-state index in [4.69, 9.17) is 9.15 Å². The summed E-state index contributed by atoms with van der Waals surface area (Å²) in [5.41, 5.74) is 0.461. The summed E-state index contributed by atoms with van der Waals surface area (Å²) in [6.07, 6.45) is 3.55. The summed E-state index contributed by atoms with van der Waals surface area (Å²) in [7, 11) is 0. The van der Waals surface area contributed by atoms with E-state index in [1.54, 1.807) is 6.07 Å². The Labute approximate surface area is 181 Å². The minimum absolute atomic E-state index is 0.0190. The fourth-order valence-corrected chi connectivity index (χ4v) is 3.14. The van der Waals surface area contributed by atoms with Crippen LogP contribution in [0.5, 0.6) is 11.5 Å². The molecule has 1 aromatic heterocycles. The van der Waals surface area contributed by atoms with Gasteiger partial charge < -0.3 is 29.6 Å². The van der Waals surface area contributed by atoms with Gasteiger partial charge in [0.25, 0.3) is 0 Å². The van der Waals surface area contributed by atoms with E-state index in [1.807, 2.05) is 26.0 Å². The lowest BCUT2D eigenvalue weighted by molar-refractivity contribution is -0.105. The van der Waals surface area contributed by atoms with Crippen LogP contribution in [0.2, 0.25) is 0 Å². The van der Waals surface area contributed by atoms with Crippen molar-refractivity contribution in [3.63, 3.8) is 0 Å². The molecule has 31 heavy (non-hydrogen) atoms. The molecule has 1 heterocycles. The maximum atomic E-state index is 11.4. The van der Waals surface area contributed by atoms with Crippen LogP contribution in [0.1, 0.15) is 47.0 Å². The third-order valence-corrected chi connectivity index (χ3v) is 5.02. The standard InChI is InChI=1S/C24H32O7/c1-15(6-5-7-16(2)12-20(26)23(28)24(3,4)29)10-11-30-17-13-19(25)18-8-9-22(27)31-21(18)14-17/h7-10,13-14,20,23,25-26,28-29H,5-6,11-12H2,1-4H3/b15-10+,16-7+/t20-,23+/m0/s1. The molecule has 0 aliphatic heterocycles. The lowest BCUT2D eigenvalue weighted by atomic mass is 9.93. The number of aliphatic hydroxyl groups is 3. The molecule has 4 N–H and O–H groups in total. The van der Waals surface area contributed by atoms with E-state index in [9.17, 15) is 25.2 Å². The van der Waals surface area contributed by atoms with E-state index in [0.717, 1.165) is 24.0 Å². The number of phenolic OH excluding ortho intramolecular Hbond substituents is 1. The lowest BCUT2D eigenvalue weighted by Gasteiger charge is -2.28. The zero-order valence-electron chi connectivity index (χ0n) is 18.5. The summed E-state index contributed by atoms with van der Waals surface area (Å²) >= 11 is 0. The molecule has 7 heteroatoms. The first-order valence-electron chi connectivity index (χ1n) is 10.3. The van der Waals surface area contributed by atoms with Crippen molar-refractivity contribution in [2.24, 2.45) is 0 Å². The number of hydrogen-bond acceptors (Lipinski definition) is 7. The fraction of sp³-hybridized carbons (Fsp3) is 0.458. The van der Waals surface area contributed by atoms with Gasteiger partial charge in [-0.1, -0.05) is 17.2 Å². The molecule has 0 amide bonds. The predicted molar refractivity (Wildman–Crippen MR) is 119 cm³/mol. The minimum atomic E-state index is -1.35. The van der Waals surface area contributed by atoms with Gasteiger partial charge in [-0.2, -0.15) is 0 Å². The third-order valence-electron chi connectivity index (χ3n) is 5.02. The Bertz CT molecular complexity index is 995. The summed E-state index contributed by atoms with van der Waals surface area (Å²) in [6.45, 7) is 7.09. The Kier molecular flexibility index (Phi) is 8.44. The smallest absolute Gasteiger partial charge is 0.336 e. The summed E-state index contributed by atoms with van der Waals surface area (Å²) in [6, 6.07) is 5.80. The molecule has 2 atom stereocenters. The van der Waals surface area contributed by atoms with Gasteiger partial charge >= 0.3 is 5.63 Å². The molecule has 0 spiro atoms. The molecular weight excluding hydrogens is 400 g/mol. The van der Waals surface area contributed by atoms with E-state index >= 15 is 0 Å². The number of phenols is 1. The van der Waals surface area contributed by atoms with Gasteiger partial charge in [-0.05, 0) is 59.1 Å². The van der Waals surface area contributed by atoms with Crippen molar-refractivity contribution >= 4 is 11.0 Å². The molecule has 0 aliphatic carbocycles. The Morgan fingerprint density at radius 2 is 1.87 bits per heavy atom. The molecule has 0 radical (unpaired) electrons. The summed E-state index contributed by atoms with van der Waals surface area (Å²) in [4.78, 5) is 11.4. The molecule has 7 nitrogen and oxygen atoms in total. The SMILES string of the molecule is C/C(=C\COc1cc(O)c2ccc(=O)oc2c1)CC/C=C(\C)C[C@H](O)[C@@H](O)C(C)(C)O. The van der Waals surface area contributed by atoms with E-state index in [1.165, 1.54) is 32.0 Å². The Morgan fingerprint density at radius 1 is 1.16 bits per heavy atom. The van der Waals surface area contributed by atoms with Gasteiger partial charge in [0.05, 0.1) is 17.1 Å². The van der Waals surface area contributed by atoms with Crippen LogP contribution in [-0.4, -0.2) is 44.8 Å². The molecule has 0 unspecified atom stereocenters. The molecule has 170 valence electrons. The number of benzene rings is 1. The zero-order valence-corrected chi connectivity index (χ0v) is 18.5. The average molecular weight is 433 g/mol. The van der Waals surface area contributed by atoms with Crippen molar-refractivity contribution in [3.8, 4) is 11.5 Å². The van der Waals surface area contributed by atoms with Crippen LogP contribution in [0.3, 0.4) is 0 Å². The first kappa shape index (κ1) is 24.7. The van der Waals surface area contributed by atoms with Gasteiger partial charge in [-0.25, -0.2) is 4.79 Å². The second-order valence-electron chi connectivity index (χ2n) is 8.43. The molecule has 0 saturated carbocycles. The van der Waals surface area contributed by atoms with Crippen LogP contribution in [0.15, 0.2) is 56.8 Å². The van der Waals surface area contributed by atoms with Crippen LogP contribution in [-0.2, 0) is 0 Å². The van der Waals surface area contributed by atoms with E-state index in [0.29, 0.717) is 24.2 Å². The predicted octanol–water partition coefficient (Wildman–Crippen LogP) is 3.43. The molecular formula is C24H32O7. The first-order chi connectivity index (χ1) is 14.5. The first-order valence-corrected chi connectivity index (χ1v) is 10.3. The number of rotatable bonds is 10. The number of ether oxygens (including phenoxy) is 1. The molecule has 2 rings (SSSR count). The number of aliphatic hydroxyl groups excluding tert-OH is 2. The molecule has 0 fully saturated rings. The van der Waals surface area contributed by atoms with Crippen LogP contribution >= 0.6 is 0 Å². The van der Waals surface area contributed by atoms with Crippen LogP contribution in [0.25, 0.3) is 11.0 Å². The summed E-state index contributed by atoms with van der Waals surface area (Å²) in [5, 5.41) is 40.2. The maximum Gasteiger partial charge on any atom is 0.336 e. The molecule has 2 aromatic rings. The van der Waals surface area contributed by atoms with Gasteiger partial charge in [0, 0.05) is 18.2 Å². The van der Waals surface area contributed by atoms with Gasteiger partial charge in [0.2, 0.25) is 0 Å². The van der Waals surface area contributed by atoms with Gasteiger partial charge in [0.1, 0.15) is 29.8 Å². The Balaban J connectivity index is 1.85. The fourth-order valence-electron chi connectivity index (χ4n) is 3.14. The van der Waals surface area contributed by atoms with Crippen molar-refractivity contribution in [1.82, 2.24) is 0 Å². The van der Waals surface area contributed by atoms with Crippen LogP contribution in [0.4, 0.5) is 0 Å². The number of aromatic hydroxyl groups is 1. The molecule has 0 bridgehead atoms. The van der Waals surface area contributed by atoms with Crippen molar-refractivity contribution in [2.75, 3.05) is 6.61 Å². The average Bonchev–Trinajstić information content (AvgIpc) is 2.66. The second-order valence-corrected chi connectivity index (χ2v) is 8.43. The highest BCUT2D eigenvalue weighted by atomic mass is 16.5. The van der Waals surface area contributed by atoms with Crippen molar-refractivity contribution in [1.29, 1.82) is 0 Å². The van der Waals surface area contributed by atoms with E-state index < -0.39 is 23.4 Å². The Hall–Kier alpha value is -2.61. The van der Waals surface area contributed by atoms with Crippen molar-refractivity contribution < 1.29 is 29.6 Å². The highest BCUT2D eigenvalue weighted by Crippen LogP contribution is 2.29. The monoisotopic (exact) mass is 432 g/mol. The lowest BCUT2D eigenvalue weighted by Crippen LogP contribution is -2.44. The topological polar surface area (TPSA) is 120 Å². The van der Waals surface area contributed by atoms with Crippen LogP contribution in [0, 0.1) is 0 Å². The molecule has 0 saturated heterocycles. The minimum Gasteiger partial charge on any atom is -0.507 e. The summed E-state index contributed by atoms with van der Waals surface area (Å²) in [5.74, 6) is 0.382. The summed E-state index contributed by atoms with van der Waals surface area (Å²) < 4.78 is 10.7. The maximum absolute atomic E-state index is 11.4. The number of allylic oxidation sites excluding steroid dienone is 2. The van der Waals surface area contributed by atoms with Crippen LogP contribution < -0.4 is 10.4 Å². The van der Waals surface area contributed by atoms with Gasteiger partial charge in [-0.15, -0.1) is 0 Å². The van der Waals surface area contributed by atoms with Gasteiger partial charge in [-0.3, -0.25) is 0 Å². The largest absolute Gasteiger partial charge is 0.507 e. The highest BCUT2D eigenvalue weighted by molar-refractivity contribution is 5.84. The molecule has 0 aliphatic rings. The van der Waals surface area contributed by atoms with E-state index in [-0.39, 0.29) is 11.3 Å². The highest BCUT2D eigenvalue weighted by Gasteiger charge is 2.30. The normalized spacial score (nSPS) is 15.2. The number of hydrogen-bond donors (Lipinski definition) is 4. The molecule has 1 aromatic carbocycles. The van der Waals surface area contributed by atoms with Crippen molar-refractivity contribution in [2.45, 2.75) is 64.8 Å². The van der Waals surface area contributed by atoms with Crippen molar-refractivity contribution in [3.05, 3.63) is 58.0 Å². The second kappa shape index (κ2) is 10.6. The van der Waals surface area contributed by atoms with E-state index in [2.05, 4.69) is 0 Å². The Morgan fingerprint density at radius 3 is 2.55 bits per heavy atom.